The molecule has 1 aromatic rings. The predicted molar refractivity (Wildman–Crippen MR) is 78.7 cm³/mol. The van der Waals surface area contributed by atoms with Gasteiger partial charge in [0.2, 0.25) is 0 Å². The lowest BCUT2D eigenvalue weighted by molar-refractivity contribution is -0.136. The van der Waals surface area contributed by atoms with Gasteiger partial charge in [-0.3, -0.25) is 4.79 Å². The van der Waals surface area contributed by atoms with Crippen molar-refractivity contribution in [2.45, 2.75) is 30.8 Å². The van der Waals surface area contributed by atoms with Gasteiger partial charge < -0.3 is 14.7 Å². The molecule has 1 aromatic carbocycles. The molecule has 0 spiro atoms. The van der Waals surface area contributed by atoms with Gasteiger partial charge in [0.05, 0.1) is 29.3 Å². The van der Waals surface area contributed by atoms with Crippen LogP contribution in [0.4, 0.5) is 5.69 Å². The highest BCUT2D eigenvalue weighted by Gasteiger charge is 2.31. The zero-order chi connectivity index (χ0) is 15.8. The fourth-order valence-corrected chi connectivity index (χ4v) is 3.65. The summed E-state index contributed by atoms with van der Waals surface area (Å²) in [5.74, 6) is -0.901. The lowest BCUT2D eigenvalue weighted by atomic mass is 10.1. The van der Waals surface area contributed by atoms with Crippen molar-refractivity contribution in [3.63, 3.8) is 0 Å². The van der Waals surface area contributed by atoms with Crippen molar-refractivity contribution >= 4 is 21.5 Å². The summed E-state index contributed by atoms with van der Waals surface area (Å²) in [5, 5.41) is 8.62. The molecule has 0 bridgehead atoms. The quantitative estimate of drug-likeness (QED) is 0.908. The van der Waals surface area contributed by atoms with Crippen LogP contribution in [0, 0.1) is 0 Å². The molecule has 1 N–H and O–H groups in total. The van der Waals surface area contributed by atoms with Gasteiger partial charge >= 0.3 is 5.97 Å². The minimum absolute atomic E-state index is 0.123. The van der Waals surface area contributed by atoms with Gasteiger partial charge in [-0.25, -0.2) is 8.42 Å². The number of hydrogen-bond acceptors (Lipinski definition) is 5. The Kier molecular flexibility index (Phi) is 3.88. The fourth-order valence-electron chi connectivity index (χ4n) is 2.40. The summed E-state index contributed by atoms with van der Waals surface area (Å²) in [4.78, 5) is 12.6. The number of sulfone groups is 1. The Balaban J connectivity index is 2.34. The summed E-state index contributed by atoms with van der Waals surface area (Å²) in [7, 11) is -1.73. The number of ether oxygens (including phenoxy) is 1. The molecule has 1 aliphatic rings. The number of aliphatic carboxylic acids is 1. The molecule has 116 valence electrons. The van der Waals surface area contributed by atoms with Gasteiger partial charge in [-0.2, -0.15) is 0 Å². The molecule has 1 heterocycles. The van der Waals surface area contributed by atoms with Crippen LogP contribution in [0.3, 0.4) is 0 Å². The standard InChI is InChI=1S/C14H19NO5S/c1-14(2)9-15(3)11-8-10(4-5-12(11)20-14)21(18,19)7-6-13(16)17/h4-5,8H,6-7,9H2,1-3H3,(H,16,17). The van der Waals surface area contributed by atoms with Gasteiger partial charge in [-0.15, -0.1) is 0 Å². The summed E-state index contributed by atoms with van der Waals surface area (Å²) < 4.78 is 30.1. The van der Waals surface area contributed by atoms with E-state index in [4.69, 9.17) is 9.84 Å². The average molecular weight is 313 g/mol. The molecule has 0 aliphatic carbocycles. The Morgan fingerprint density at radius 3 is 2.71 bits per heavy atom. The van der Waals surface area contributed by atoms with E-state index in [0.29, 0.717) is 18.0 Å². The molecular weight excluding hydrogens is 294 g/mol. The van der Waals surface area contributed by atoms with Crippen molar-refractivity contribution in [2.24, 2.45) is 0 Å². The third-order valence-corrected chi connectivity index (χ3v) is 5.00. The number of carboxylic acid groups (broad SMARTS) is 1. The van der Waals surface area contributed by atoms with E-state index in [1.165, 1.54) is 6.07 Å². The molecule has 0 amide bonds. The Hall–Kier alpha value is -1.76. The highest BCUT2D eigenvalue weighted by atomic mass is 32.2. The fraction of sp³-hybridized carbons (Fsp3) is 0.500. The minimum atomic E-state index is -3.60. The van der Waals surface area contributed by atoms with Gasteiger partial charge in [-0.05, 0) is 32.0 Å². The van der Waals surface area contributed by atoms with Gasteiger partial charge in [0.1, 0.15) is 11.4 Å². The van der Waals surface area contributed by atoms with Crippen LogP contribution in [-0.2, 0) is 14.6 Å². The second-order valence-electron chi connectivity index (χ2n) is 5.81. The molecular formula is C14H19NO5S. The SMILES string of the molecule is CN1CC(C)(C)Oc2ccc(S(=O)(=O)CCC(=O)O)cc21. The first-order chi connectivity index (χ1) is 9.61. The number of nitrogens with zero attached hydrogens (tertiary/aromatic N) is 1. The summed E-state index contributed by atoms with van der Waals surface area (Å²) in [5.41, 5.74) is 0.358. The topological polar surface area (TPSA) is 83.9 Å². The van der Waals surface area contributed by atoms with Gasteiger partial charge in [0, 0.05) is 7.05 Å². The number of carbonyl (C=O) groups is 1. The third-order valence-electron chi connectivity index (χ3n) is 3.29. The summed E-state index contributed by atoms with van der Waals surface area (Å²) in [6.07, 6.45) is -0.404. The first-order valence-electron chi connectivity index (χ1n) is 6.59. The first-order valence-corrected chi connectivity index (χ1v) is 8.25. The van der Waals surface area contributed by atoms with Crippen LogP contribution in [0.25, 0.3) is 0 Å². The minimum Gasteiger partial charge on any atom is -0.484 e. The Morgan fingerprint density at radius 1 is 1.43 bits per heavy atom. The molecule has 0 atom stereocenters. The molecule has 0 unspecified atom stereocenters. The summed E-state index contributed by atoms with van der Waals surface area (Å²) in [6, 6.07) is 4.63. The van der Waals surface area contributed by atoms with Crippen molar-refractivity contribution in [2.75, 3.05) is 24.2 Å². The second-order valence-corrected chi connectivity index (χ2v) is 7.92. The average Bonchev–Trinajstić information content (AvgIpc) is 2.34. The maximum Gasteiger partial charge on any atom is 0.304 e. The molecule has 0 saturated heterocycles. The van der Waals surface area contributed by atoms with Crippen LogP contribution in [0.15, 0.2) is 23.1 Å². The van der Waals surface area contributed by atoms with E-state index in [0.717, 1.165) is 0 Å². The molecule has 0 aromatic heterocycles. The predicted octanol–water partition coefficient (Wildman–Crippen LogP) is 1.54. The summed E-state index contributed by atoms with van der Waals surface area (Å²) in [6.45, 7) is 4.56. The van der Waals surface area contributed by atoms with Crippen molar-refractivity contribution in [1.82, 2.24) is 0 Å². The molecule has 7 heteroatoms. The van der Waals surface area contributed by atoms with Crippen molar-refractivity contribution < 1.29 is 23.1 Å². The van der Waals surface area contributed by atoms with Crippen molar-refractivity contribution in [1.29, 1.82) is 0 Å². The van der Waals surface area contributed by atoms with E-state index in [2.05, 4.69) is 0 Å². The van der Waals surface area contributed by atoms with E-state index < -0.39 is 28.0 Å². The third kappa shape index (κ3) is 3.47. The number of rotatable bonds is 4. The molecule has 1 aliphatic heterocycles. The lowest BCUT2D eigenvalue weighted by Crippen LogP contribution is -2.45. The largest absolute Gasteiger partial charge is 0.484 e. The smallest absolute Gasteiger partial charge is 0.304 e. The molecule has 0 radical (unpaired) electrons. The molecule has 2 rings (SSSR count). The number of likely N-dealkylation sites (N-methyl/N-ethyl adjacent to an activating group) is 1. The monoisotopic (exact) mass is 313 g/mol. The van der Waals surface area contributed by atoms with E-state index in [1.807, 2.05) is 25.8 Å². The second kappa shape index (κ2) is 5.22. The van der Waals surface area contributed by atoms with Crippen molar-refractivity contribution in [3.05, 3.63) is 18.2 Å². The van der Waals surface area contributed by atoms with Crippen LogP contribution < -0.4 is 9.64 Å². The number of anilines is 1. The molecule has 6 nitrogen and oxygen atoms in total. The van der Waals surface area contributed by atoms with Gasteiger partial charge in [0.15, 0.2) is 9.84 Å². The Morgan fingerprint density at radius 2 is 2.10 bits per heavy atom. The Bertz CT molecular complexity index is 666. The van der Waals surface area contributed by atoms with E-state index in [9.17, 15) is 13.2 Å². The Labute approximate surface area is 124 Å². The highest BCUT2D eigenvalue weighted by molar-refractivity contribution is 7.91. The molecule has 21 heavy (non-hydrogen) atoms. The zero-order valence-corrected chi connectivity index (χ0v) is 13.1. The van der Waals surface area contributed by atoms with Gasteiger partial charge in [0.25, 0.3) is 0 Å². The van der Waals surface area contributed by atoms with E-state index in [-0.39, 0.29) is 10.5 Å². The number of benzene rings is 1. The van der Waals surface area contributed by atoms with Crippen LogP contribution in [0.2, 0.25) is 0 Å². The van der Waals surface area contributed by atoms with Crippen LogP contribution in [-0.4, -0.2) is 44.4 Å². The van der Waals surface area contributed by atoms with E-state index in [1.54, 1.807) is 12.1 Å². The van der Waals surface area contributed by atoms with Crippen molar-refractivity contribution in [3.8, 4) is 5.75 Å². The van der Waals surface area contributed by atoms with E-state index >= 15 is 0 Å². The lowest BCUT2D eigenvalue weighted by Gasteiger charge is -2.39. The first kappa shape index (κ1) is 15.6. The maximum atomic E-state index is 12.1. The zero-order valence-electron chi connectivity index (χ0n) is 12.3. The number of hydrogen-bond donors (Lipinski definition) is 1. The molecule has 0 fully saturated rings. The van der Waals surface area contributed by atoms with Crippen LogP contribution in [0.5, 0.6) is 5.75 Å². The normalized spacial score (nSPS) is 17.0. The number of fused-ring (bicyclic) bond motifs is 1. The highest BCUT2D eigenvalue weighted by Crippen LogP contribution is 2.37. The maximum absolute atomic E-state index is 12.1. The van der Waals surface area contributed by atoms with Crippen LogP contribution >= 0.6 is 0 Å². The molecule has 0 saturated carbocycles. The van der Waals surface area contributed by atoms with Crippen LogP contribution in [0.1, 0.15) is 20.3 Å². The van der Waals surface area contributed by atoms with Gasteiger partial charge in [-0.1, -0.05) is 0 Å². The summed E-state index contributed by atoms with van der Waals surface area (Å²) >= 11 is 0. The number of carboxylic acids is 1.